The number of carbonyl (C=O) groups excluding carboxylic acids is 1. The highest BCUT2D eigenvalue weighted by molar-refractivity contribution is 9.10. The molecule has 0 spiro atoms. The zero-order valence-corrected chi connectivity index (χ0v) is 13.9. The second-order valence-electron chi connectivity index (χ2n) is 4.57. The van der Waals surface area contributed by atoms with E-state index in [0.29, 0.717) is 22.6 Å². The lowest BCUT2D eigenvalue weighted by Gasteiger charge is -2.12. The van der Waals surface area contributed by atoms with E-state index >= 15 is 0 Å². The van der Waals surface area contributed by atoms with Gasteiger partial charge in [0.2, 0.25) is 0 Å². The first-order valence-corrected chi connectivity index (χ1v) is 7.45. The van der Waals surface area contributed by atoms with E-state index in [1.807, 2.05) is 24.3 Å². The molecule has 3 nitrogen and oxygen atoms in total. The van der Waals surface area contributed by atoms with Gasteiger partial charge in [0.05, 0.1) is 24.3 Å². The Balaban J connectivity index is 2.45. The van der Waals surface area contributed by atoms with Crippen molar-refractivity contribution in [2.24, 2.45) is 0 Å². The van der Waals surface area contributed by atoms with E-state index in [4.69, 9.17) is 9.47 Å². The molecule has 0 saturated heterocycles. The smallest absolute Gasteiger partial charge is 0.196 e. The summed E-state index contributed by atoms with van der Waals surface area (Å²) in [5.41, 5.74) is 2.32. The summed E-state index contributed by atoms with van der Waals surface area (Å²) in [5.74, 6) is 1.04. The predicted molar refractivity (Wildman–Crippen MR) is 86.5 cm³/mol. The molecule has 2 rings (SSSR count). The maximum Gasteiger partial charge on any atom is 0.196 e. The van der Waals surface area contributed by atoms with Gasteiger partial charge in [-0.3, -0.25) is 4.79 Å². The van der Waals surface area contributed by atoms with Crippen LogP contribution >= 0.6 is 15.9 Å². The molecule has 0 saturated carbocycles. The van der Waals surface area contributed by atoms with E-state index in [9.17, 15) is 4.79 Å². The number of benzene rings is 2. The number of ketones is 1. The van der Waals surface area contributed by atoms with E-state index in [1.54, 1.807) is 26.4 Å². The Morgan fingerprint density at radius 2 is 1.67 bits per heavy atom. The molecule has 4 heteroatoms. The van der Waals surface area contributed by atoms with Crippen LogP contribution in [0.3, 0.4) is 0 Å². The molecule has 0 aliphatic heterocycles. The molecule has 0 heterocycles. The minimum Gasteiger partial charge on any atom is -0.496 e. The molecule has 0 radical (unpaired) electrons. The maximum absolute atomic E-state index is 12.7. The number of methoxy groups -OCH3 is 2. The molecule has 2 aromatic carbocycles. The number of rotatable bonds is 5. The lowest BCUT2D eigenvalue weighted by atomic mass is 10.0. The third kappa shape index (κ3) is 3.27. The van der Waals surface area contributed by atoms with E-state index in [0.717, 1.165) is 10.9 Å². The topological polar surface area (TPSA) is 35.5 Å². The predicted octanol–water partition coefficient (Wildman–Crippen LogP) is 4.26. The van der Waals surface area contributed by atoms with Crippen LogP contribution in [0.2, 0.25) is 0 Å². The third-order valence-electron chi connectivity index (χ3n) is 3.34. The number of hydrogen-bond acceptors (Lipinski definition) is 3. The highest BCUT2D eigenvalue weighted by atomic mass is 79.9. The summed E-state index contributed by atoms with van der Waals surface area (Å²) in [6, 6.07) is 11.1. The van der Waals surface area contributed by atoms with E-state index in [-0.39, 0.29) is 5.78 Å². The van der Waals surface area contributed by atoms with Crippen molar-refractivity contribution in [3.63, 3.8) is 0 Å². The first kappa shape index (κ1) is 15.6. The van der Waals surface area contributed by atoms with E-state index < -0.39 is 0 Å². The first-order valence-electron chi connectivity index (χ1n) is 6.65. The lowest BCUT2D eigenvalue weighted by molar-refractivity contribution is 0.103. The quantitative estimate of drug-likeness (QED) is 0.757. The number of carbonyl (C=O) groups is 1. The van der Waals surface area contributed by atoms with Crippen LogP contribution in [0.4, 0.5) is 0 Å². The molecule has 21 heavy (non-hydrogen) atoms. The van der Waals surface area contributed by atoms with Crippen molar-refractivity contribution in [3.05, 3.63) is 57.6 Å². The fourth-order valence-electron chi connectivity index (χ4n) is 2.09. The summed E-state index contributed by atoms with van der Waals surface area (Å²) in [4.78, 5) is 12.7. The number of aryl methyl sites for hydroxylation is 1. The number of hydrogen-bond donors (Lipinski definition) is 0. The highest BCUT2D eigenvalue weighted by Crippen LogP contribution is 2.33. The van der Waals surface area contributed by atoms with Crippen molar-refractivity contribution in [1.29, 1.82) is 0 Å². The van der Waals surface area contributed by atoms with Gasteiger partial charge in [0.25, 0.3) is 0 Å². The minimum absolute atomic E-state index is 0.0831. The van der Waals surface area contributed by atoms with Crippen molar-refractivity contribution < 1.29 is 14.3 Å². The molecule has 110 valence electrons. The molecule has 0 aromatic heterocycles. The fourth-order valence-corrected chi connectivity index (χ4v) is 2.57. The van der Waals surface area contributed by atoms with Gasteiger partial charge in [-0.15, -0.1) is 0 Å². The highest BCUT2D eigenvalue weighted by Gasteiger charge is 2.17. The van der Waals surface area contributed by atoms with Crippen molar-refractivity contribution in [3.8, 4) is 11.5 Å². The van der Waals surface area contributed by atoms with Gasteiger partial charge in [0.15, 0.2) is 5.78 Å². The van der Waals surface area contributed by atoms with Crippen LogP contribution in [0.25, 0.3) is 0 Å². The Hall–Kier alpha value is -1.81. The van der Waals surface area contributed by atoms with Crippen molar-refractivity contribution in [2.75, 3.05) is 14.2 Å². The van der Waals surface area contributed by atoms with Gasteiger partial charge in [-0.2, -0.15) is 0 Å². The van der Waals surface area contributed by atoms with Crippen LogP contribution in [-0.4, -0.2) is 20.0 Å². The van der Waals surface area contributed by atoms with Gasteiger partial charge in [-0.1, -0.05) is 31.2 Å². The normalized spacial score (nSPS) is 10.3. The molecule has 2 aromatic rings. The molecule has 0 fully saturated rings. The molecular weight excluding hydrogens is 332 g/mol. The summed E-state index contributed by atoms with van der Waals surface area (Å²) in [7, 11) is 3.11. The van der Waals surface area contributed by atoms with Gasteiger partial charge in [-0.05, 0) is 40.0 Å². The second-order valence-corrected chi connectivity index (χ2v) is 5.42. The van der Waals surface area contributed by atoms with Gasteiger partial charge < -0.3 is 9.47 Å². The lowest BCUT2D eigenvalue weighted by Crippen LogP contribution is -2.05. The molecule has 0 amide bonds. The first-order chi connectivity index (χ1) is 10.1. The van der Waals surface area contributed by atoms with Crippen LogP contribution in [0.15, 0.2) is 40.9 Å². The third-order valence-corrected chi connectivity index (χ3v) is 3.96. The molecule has 0 aliphatic carbocycles. The van der Waals surface area contributed by atoms with Crippen molar-refractivity contribution in [1.82, 2.24) is 0 Å². The van der Waals surface area contributed by atoms with E-state index in [2.05, 4.69) is 22.9 Å². The summed E-state index contributed by atoms with van der Waals surface area (Å²) in [6.45, 7) is 2.08. The van der Waals surface area contributed by atoms with Crippen LogP contribution in [-0.2, 0) is 6.42 Å². The Kier molecular flexibility index (Phi) is 5.02. The standard InChI is InChI=1S/C17H17BrO3/c1-4-11-5-7-12(8-6-11)17(19)13-9-16(21-3)14(18)10-15(13)20-2/h5-10H,4H2,1-3H3. The van der Waals surface area contributed by atoms with Crippen LogP contribution < -0.4 is 9.47 Å². The zero-order valence-electron chi connectivity index (χ0n) is 12.3. The SMILES string of the molecule is CCc1ccc(C(=O)c2cc(OC)c(Br)cc2OC)cc1. The zero-order chi connectivity index (χ0) is 15.4. The Morgan fingerprint density at radius 1 is 1.05 bits per heavy atom. The average molecular weight is 349 g/mol. The Morgan fingerprint density at radius 3 is 2.19 bits per heavy atom. The van der Waals surface area contributed by atoms with Crippen LogP contribution in [0.5, 0.6) is 11.5 Å². The fraction of sp³-hybridized carbons (Fsp3) is 0.235. The summed E-state index contributed by atoms with van der Waals surface area (Å²) in [6.07, 6.45) is 0.948. The molecule has 0 unspecified atom stereocenters. The van der Waals surface area contributed by atoms with Crippen molar-refractivity contribution in [2.45, 2.75) is 13.3 Å². The van der Waals surface area contributed by atoms with Gasteiger partial charge in [-0.25, -0.2) is 0 Å². The average Bonchev–Trinajstić information content (AvgIpc) is 2.54. The maximum atomic E-state index is 12.7. The molecule has 0 N–H and O–H groups in total. The van der Waals surface area contributed by atoms with E-state index in [1.165, 1.54) is 5.56 Å². The van der Waals surface area contributed by atoms with Gasteiger partial charge in [0.1, 0.15) is 11.5 Å². The van der Waals surface area contributed by atoms with Crippen molar-refractivity contribution >= 4 is 21.7 Å². The number of ether oxygens (including phenoxy) is 2. The Labute approximate surface area is 133 Å². The summed E-state index contributed by atoms with van der Waals surface area (Å²) < 4.78 is 11.3. The Bertz CT molecular complexity index is 648. The largest absolute Gasteiger partial charge is 0.496 e. The van der Waals surface area contributed by atoms with Gasteiger partial charge >= 0.3 is 0 Å². The summed E-state index contributed by atoms with van der Waals surface area (Å²) in [5, 5.41) is 0. The minimum atomic E-state index is -0.0831. The molecule has 0 aliphatic rings. The van der Waals surface area contributed by atoms with Crippen LogP contribution in [0.1, 0.15) is 28.4 Å². The molecule has 0 atom stereocenters. The van der Waals surface area contributed by atoms with Crippen LogP contribution in [0, 0.1) is 0 Å². The second kappa shape index (κ2) is 6.76. The van der Waals surface area contributed by atoms with Gasteiger partial charge in [0, 0.05) is 5.56 Å². The monoisotopic (exact) mass is 348 g/mol. The molecular formula is C17H17BrO3. The molecule has 0 bridgehead atoms. The number of halogens is 1. The summed E-state index contributed by atoms with van der Waals surface area (Å²) >= 11 is 3.39.